The van der Waals surface area contributed by atoms with Gasteiger partial charge in [0.15, 0.2) is 0 Å². The van der Waals surface area contributed by atoms with E-state index in [9.17, 15) is 4.79 Å². The number of hydrogen-bond donors (Lipinski definition) is 2. The number of amides is 1. The lowest BCUT2D eigenvalue weighted by Gasteiger charge is -2.23. The number of benzene rings is 1. The number of carbonyl (C=O) groups excluding carboxylic acids is 1. The van der Waals surface area contributed by atoms with Crippen LogP contribution in [0.4, 0.5) is 0 Å². The fourth-order valence-corrected chi connectivity index (χ4v) is 3.52. The van der Waals surface area contributed by atoms with Gasteiger partial charge in [0.2, 0.25) is 5.91 Å². The van der Waals surface area contributed by atoms with Crippen molar-refractivity contribution in [2.75, 3.05) is 6.54 Å². The number of nitrogens with one attached hydrogen (secondary N) is 2. The lowest BCUT2D eigenvalue weighted by molar-refractivity contribution is -0.122. The zero-order chi connectivity index (χ0) is 17.5. The highest BCUT2D eigenvalue weighted by atomic mass is 32.1. The molecule has 2 N–H and O–H groups in total. The predicted molar refractivity (Wildman–Crippen MR) is 103 cm³/mol. The van der Waals surface area contributed by atoms with Crippen molar-refractivity contribution in [1.82, 2.24) is 10.6 Å². The second kappa shape index (κ2) is 9.00. The average Bonchev–Trinajstić information content (AvgIpc) is 3.13. The fourth-order valence-electron chi connectivity index (χ4n) is 2.70. The summed E-state index contributed by atoms with van der Waals surface area (Å²) in [6, 6.07) is 12.8. The standard InChI is InChI=1S/C20H28N2OS/c1-5-14(3)16-9-11-17(12-10-16)19(18-8-7-13-24-18)22-15(4)20(23)21-6-2/h7-15,19,22H,5-6H2,1-4H3,(H,21,23)/t14-,15-,19+/m0/s1. The highest BCUT2D eigenvalue weighted by Gasteiger charge is 2.21. The molecular weight excluding hydrogens is 316 g/mol. The SMILES string of the molecule is CCNC(=O)[C@H](C)N[C@H](c1ccc([C@@H](C)CC)cc1)c1cccs1. The summed E-state index contributed by atoms with van der Waals surface area (Å²) in [5.74, 6) is 0.608. The van der Waals surface area contributed by atoms with Crippen molar-refractivity contribution >= 4 is 17.2 Å². The largest absolute Gasteiger partial charge is 0.355 e. The molecule has 0 unspecified atom stereocenters. The first-order valence-corrected chi connectivity index (χ1v) is 9.61. The van der Waals surface area contributed by atoms with Crippen LogP contribution in [-0.4, -0.2) is 18.5 Å². The summed E-state index contributed by atoms with van der Waals surface area (Å²) in [5, 5.41) is 8.44. The molecular formula is C20H28N2OS. The zero-order valence-corrected chi connectivity index (χ0v) is 15.8. The van der Waals surface area contributed by atoms with Crippen LogP contribution in [0.25, 0.3) is 0 Å². The molecule has 0 saturated heterocycles. The Morgan fingerprint density at radius 1 is 1.08 bits per heavy atom. The van der Waals surface area contributed by atoms with Crippen molar-refractivity contribution < 1.29 is 4.79 Å². The van der Waals surface area contributed by atoms with E-state index in [2.05, 4.69) is 66.3 Å². The Kier molecular flexibility index (Phi) is 7.00. The van der Waals surface area contributed by atoms with E-state index >= 15 is 0 Å². The van der Waals surface area contributed by atoms with Gasteiger partial charge in [-0.3, -0.25) is 10.1 Å². The minimum absolute atomic E-state index is 0.0357. The molecule has 1 heterocycles. The molecule has 1 amide bonds. The van der Waals surface area contributed by atoms with E-state index in [4.69, 9.17) is 0 Å². The Hall–Kier alpha value is -1.65. The van der Waals surface area contributed by atoms with Crippen molar-refractivity contribution in [3.05, 3.63) is 57.8 Å². The number of rotatable bonds is 8. The van der Waals surface area contributed by atoms with Gasteiger partial charge < -0.3 is 5.32 Å². The molecule has 130 valence electrons. The maximum Gasteiger partial charge on any atom is 0.236 e. The minimum Gasteiger partial charge on any atom is -0.355 e. The van der Waals surface area contributed by atoms with E-state index in [0.717, 1.165) is 6.42 Å². The third-order valence-corrected chi connectivity index (χ3v) is 5.38. The summed E-state index contributed by atoms with van der Waals surface area (Å²) in [6.45, 7) is 8.97. The van der Waals surface area contributed by atoms with Crippen LogP contribution in [0.2, 0.25) is 0 Å². The first kappa shape index (κ1) is 18.7. The van der Waals surface area contributed by atoms with E-state index in [0.29, 0.717) is 12.5 Å². The van der Waals surface area contributed by atoms with Gasteiger partial charge in [-0.25, -0.2) is 0 Å². The maximum absolute atomic E-state index is 12.1. The molecule has 1 aromatic carbocycles. The topological polar surface area (TPSA) is 41.1 Å². The van der Waals surface area contributed by atoms with Crippen LogP contribution in [-0.2, 0) is 4.79 Å². The predicted octanol–water partition coefficient (Wildman–Crippen LogP) is 4.47. The molecule has 0 radical (unpaired) electrons. The molecule has 0 saturated carbocycles. The number of thiophene rings is 1. The number of carbonyl (C=O) groups is 1. The lowest BCUT2D eigenvalue weighted by Crippen LogP contribution is -2.43. The monoisotopic (exact) mass is 344 g/mol. The molecule has 0 aliphatic rings. The summed E-state index contributed by atoms with van der Waals surface area (Å²) >= 11 is 1.71. The van der Waals surface area contributed by atoms with Gasteiger partial charge in [-0.05, 0) is 48.8 Å². The molecule has 2 rings (SSSR count). The second-order valence-corrected chi connectivity index (χ2v) is 7.19. The van der Waals surface area contributed by atoms with Crippen LogP contribution >= 0.6 is 11.3 Å². The molecule has 1 aromatic heterocycles. The maximum atomic E-state index is 12.1. The molecule has 0 aliphatic heterocycles. The average molecular weight is 345 g/mol. The van der Waals surface area contributed by atoms with Crippen molar-refractivity contribution in [3.8, 4) is 0 Å². The van der Waals surface area contributed by atoms with Crippen molar-refractivity contribution in [1.29, 1.82) is 0 Å². The molecule has 24 heavy (non-hydrogen) atoms. The molecule has 2 aromatic rings. The van der Waals surface area contributed by atoms with Crippen LogP contribution < -0.4 is 10.6 Å². The van der Waals surface area contributed by atoms with E-state index in [-0.39, 0.29) is 18.0 Å². The highest BCUT2D eigenvalue weighted by Crippen LogP contribution is 2.28. The first-order chi connectivity index (χ1) is 11.6. The number of hydrogen-bond acceptors (Lipinski definition) is 3. The third-order valence-electron chi connectivity index (χ3n) is 4.44. The van der Waals surface area contributed by atoms with Gasteiger partial charge >= 0.3 is 0 Å². The zero-order valence-electron chi connectivity index (χ0n) is 15.0. The Labute approximate surface area is 149 Å². The van der Waals surface area contributed by atoms with Crippen molar-refractivity contribution in [2.45, 2.75) is 52.1 Å². The third kappa shape index (κ3) is 4.68. The molecule has 3 nitrogen and oxygen atoms in total. The van der Waals surface area contributed by atoms with Crippen molar-refractivity contribution in [2.24, 2.45) is 0 Å². The van der Waals surface area contributed by atoms with E-state index < -0.39 is 0 Å². The van der Waals surface area contributed by atoms with Crippen LogP contribution in [0.3, 0.4) is 0 Å². The van der Waals surface area contributed by atoms with Crippen molar-refractivity contribution in [3.63, 3.8) is 0 Å². The minimum atomic E-state index is -0.244. The van der Waals surface area contributed by atoms with Crippen LogP contribution in [0.1, 0.15) is 62.1 Å². The Morgan fingerprint density at radius 2 is 1.75 bits per heavy atom. The van der Waals surface area contributed by atoms with E-state index in [1.165, 1.54) is 16.0 Å². The van der Waals surface area contributed by atoms with Crippen LogP contribution in [0, 0.1) is 0 Å². The van der Waals surface area contributed by atoms with Crippen LogP contribution in [0.5, 0.6) is 0 Å². The van der Waals surface area contributed by atoms with Gasteiger partial charge in [0.25, 0.3) is 0 Å². The van der Waals surface area contributed by atoms with E-state index in [1.807, 2.05) is 13.8 Å². The Bertz CT molecular complexity index is 622. The first-order valence-electron chi connectivity index (χ1n) is 8.73. The quantitative estimate of drug-likeness (QED) is 0.742. The summed E-state index contributed by atoms with van der Waals surface area (Å²) in [4.78, 5) is 13.3. The van der Waals surface area contributed by atoms with Crippen LogP contribution in [0.15, 0.2) is 41.8 Å². The second-order valence-electron chi connectivity index (χ2n) is 6.21. The normalized spacial score (nSPS) is 14.8. The van der Waals surface area contributed by atoms with Gasteiger partial charge in [-0.15, -0.1) is 11.3 Å². The molecule has 4 heteroatoms. The Morgan fingerprint density at radius 3 is 2.29 bits per heavy atom. The van der Waals surface area contributed by atoms with Gasteiger partial charge in [0.05, 0.1) is 12.1 Å². The summed E-state index contributed by atoms with van der Waals surface area (Å²) in [7, 11) is 0. The summed E-state index contributed by atoms with van der Waals surface area (Å²) < 4.78 is 0. The molecule has 0 spiro atoms. The Balaban J connectivity index is 2.22. The smallest absolute Gasteiger partial charge is 0.236 e. The molecule has 0 aliphatic carbocycles. The number of likely N-dealkylation sites (N-methyl/N-ethyl adjacent to an activating group) is 1. The molecule has 0 bridgehead atoms. The van der Waals surface area contributed by atoms with Gasteiger partial charge in [-0.2, -0.15) is 0 Å². The van der Waals surface area contributed by atoms with E-state index in [1.54, 1.807) is 11.3 Å². The van der Waals surface area contributed by atoms with Gasteiger partial charge in [0.1, 0.15) is 0 Å². The highest BCUT2D eigenvalue weighted by molar-refractivity contribution is 7.10. The molecule has 3 atom stereocenters. The fraction of sp³-hybridized carbons (Fsp3) is 0.450. The lowest BCUT2D eigenvalue weighted by atomic mass is 9.95. The summed E-state index contributed by atoms with van der Waals surface area (Å²) in [6.07, 6.45) is 1.14. The molecule has 0 fully saturated rings. The summed E-state index contributed by atoms with van der Waals surface area (Å²) in [5.41, 5.74) is 2.56. The van der Waals surface area contributed by atoms with Gasteiger partial charge in [-0.1, -0.05) is 44.2 Å². The van der Waals surface area contributed by atoms with Gasteiger partial charge in [0, 0.05) is 11.4 Å².